The highest BCUT2D eigenvalue weighted by Crippen LogP contribution is 2.39. The van der Waals surface area contributed by atoms with Crippen LogP contribution in [0.1, 0.15) is 49.7 Å². The van der Waals surface area contributed by atoms with Crippen LogP contribution < -0.4 is 10.8 Å². The second-order valence-corrected chi connectivity index (χ2v) is 12.8. The molecule has 5 aromatic carbocycles. The van der Waals surface area contributed by atoms with Crippen molar-refractivity contribution in [1.82, 2.24) is 20.3 Å². The first kappa shape index (κ1) is 33.2. The lowest BCUT2D eigenvalue weighted by molar-refractivity contribution is -0.145. The Hall–Kier alpha value is -5.73. The number of benzene rings is 5. The highest BCUT2D eigenvalue weighted by Gasteiger charge is 2.40. The molecule has 1 atom stereocenters. The number of aryl methyl sites for hydroxylation is 1. The maximum absolute atomic E-state index is 14.2. The fraction of sp³-hybridized carbons (Fsp3) is 0.195. The number of hydrogen-bond acceptors (Lipinski definition) is 5. The number of para-hydroxylation sites is 3. The minimum Gasteiger partial charge on any atom is -0.444 e. The van der Waals surface area contributed by atoms with E-state index in [0.29, 0.717) is 6.42 Å². The summed E-state index contributed by atoms with van der Waals surface area (Å²) >= 11 is 0. The van der Waals surface area contributed by atoms with Crippen molar-refractivity contribution in [2.75, 3.05) is 0 Å². The molecular weight excluding hydrogens is 612 g/mol. The molecular formula is C41H40N4O4. The van der Waals surface area contributed by atoms with Gasteiger partial charge in [-0.3, -0.25) is 14.2 Å². The highest BCUT2D eigenvalue weighted by atomic mass is 16.7. The number of carbonyl (C=O) groups is 2. The number of hydrogen-bond donors (Lipinski definition) is 2. The number of fused-ring (bicyclic) bond motifs is 1. The van der Waals surface area contributed by atoms with Gasteiger partial charge < -0.3 is 10.1 Å². The monoisotopic (exact) mass is 652 g/mol. The van der Waals surface area contributed by atoms with Crippen molar-refractivity contribution < 1.29 is 19.2 Å². The molecule has 6 rings (SSSR count). The lowest BCUT2D eigenvalue weighted by Gasteiger charge is -2.35. The molecule has 248 valence electrons. The van der Waals surface area contributed by atoms with Crippen LogP contribution in [-0.2, 0) is 26.4 Å². The molecule has 0 aliphatic carbocycles. The van der Waals surface area contributed by atoms with Crippen LogP contribution in [0.4, 0.5) is 4.79 Å². The summed E-state index contributed by atoms with van der Waals surface area (Å²) in [5.74, 6) is 0.227. The zero-order valence-electron chi connectivity index (χ0n) is 27.9. The topological polar surface area (TPSA) is 94.5 Å². The fourth-order valence-corrected chi connectivity index (χ4v) is 5.99. The van der Waals surface area contributed by atoms with E-state index in [-0.39, 0.29) is 6.42 Å². The molecule has 0 bridgehead atoms. The standard InChI is InChI=1S/C41H40N4O4/c1-40(2,3)48-39(47)43-35(28-29-37-42-34-26-16-17-27-36(34)45(37)33-24-14-7-15-25-33)38(46)44-49-41(30-18-8-4-9-19-30,31-20-10-5-11-21-31)32-22-12-6-13-23-32/h4-27,35H,28-29H2,1-3H3,(H,43,47)(H,44,46)/t35-/m0/s1. The molecule has 0 spiro atoms. The largest absolute Gasteiger partial charge is 0.444 e. The Kier molecular flexibility index (Phi) is 9.87. The van der Waals surface area contributed by atoms with Crippen molar-refractivity contribution in [2.45, 2.75) is 50.9 Å². The average Bonchev–Trinajstić information content (AvgIpc) is 3.49. The van der Waals surface area contributed by atoms with Crippen molar-refractivity contribution in [2.24, 2.45) is 0 Å². The molecule has 0 radical (unpaired) electrons. The maximum atomic E-state index is 14.2. The third-order valence-electron chi connectivity index (χ3n) is 8.15. The van der Waals surface area contributed by atoms with Gasteiger partial charge in [0.25, 0.3) is 5.91 Å². The summed E-state index contributed by atoms with van der Waals surface area (Å²) in [5, 5.41) is 2.80. The van der Waals surface area contributed by atoms with E-state index < -0.39 is 29.2 Å². The molecule has 1 heterocycles. The third kappa shape index (κ3) is 7.55. The Bertz CT molecular complexity index is 1890. The summed E-state index contributed by atoms with van der Waals surface area (Å²) < 4.78 is 7.66. The van der Waals surface area contributed by atoms with Crippen LogP contribution in [0.2, 0.25) is 0 Å². The van der Waals surface area contributed by atoms with Gasteiger partial charge in [0.15, 0.2) is 5.60 Å². The van der Waals surface area contributed by atoms with Gasteiger partial charge in [0, 0.05) is 12.1 Å². The van der Waals surface area contributed by atoms with E-state index in [9.17, 15) is 9.59 Å². The Labute approximate surface area is 286 Å². The van der Waals surface area contributed by atoms with Crippen molar-refractivity contribution in [3.63, 3.8) is 0 Å². The van der Waals surface area contributed by atoms with Gasteiger partial charge in [0.1, 0.15) is 17.5 Å². The molecule has 8 heteroatoms. The molecule has 0 fully saturated rings. The van der Waals surface area contributed by atoms with Crippen LogP contribution >= 0.6 is 0 Å². The summed E-state index contributed by atoms with van der Waals surface area (Å²) in [6, 6.07) is 46.1. The lowest BCUT2D eigenvalue weighted by atomic mass is 9.80. The molecule has 0 saturated carbocycles. The molecule has 8 nitrogen and oxygen atoms in total. The first-order valence-electron chi connectivity index (χ1n) is 16.4. The summed E-state index contributed by atoms with van der Waals surface area (Å²) in [5.41, 5.74) is 6.01. The van der Waals surface area contributed by atoms with E-state index in [0.717, 1.165) is 39.2 Å². The number of rotatable bonds is 11. The average molecular weight is 653 g/mol. The summed E-state index contributed by atoms with van der Waals surface area (Å²) in [6.07, 6.45) is -0.109. The predicted octanol–water partition coefficient (Wildman–Crippen LogP) is 7.89. The Morgan fingerprint density at radius 2 is 1.18 bits per heavy atom. The minimum absolute atomic E-state index is 0.222. The summed E-state index contributed by atoms with van der Waals surface area (Å²) in [7, 11) is 0. The Balaban J connectivity index is 1.34. The van der Waals surface area contributed by atoms with Gasteiger partial charge in [-0.25, -0.2) is 15.3 Å². The minimum atomic E-state index is -1.20. The third-order valence-corrected chi connectivity index (χ3v) is 8.15. The molecule has 2 N–H and O–H groups in total. The number of amides is 2. The molecule has 1 aromatic heterocycles. The van der Waals surface area contributed by atoms with E-state index >= 15 is 0 Å². The van der Waals surface area contributed by atoms with Gasteiger partial charge in [-0.1, -0.05) is 121 Å². The van der Waals surface area contributed by atoms with Gasteiger partial charge in [0.2, 0.25) is 0 Å². The van der Waals surface area contributed by atoms with Crippen LogP contribution in [0.15, 0.2) is 146 Å². The van der Waals surface area contributed by atoms with Crippen LogP contribution in [0.25, 0.3) is 16.7 Å². The van der Waals surface area contributed by atoms with Crippen LogP contribution in [0.5, 0.6) is 0 Å². The highest BCUT2D eigenvalue weighted by molar-refractivity contribution is 5.85. The van der Waals surface area contributed by atoms with Crippen LogP contribution in [0, 0.1) is 0 Å². The molecule has 0 saturated heterocycles. The second-order valence-electron chi connectivity index (χ2n) is 12.8. The van der Waals surface area contributed by atoms with Crippen LogP contribution in [-0.4, -0.2) is 33.2 Å². The van der Waals surface area contributed by atoms with E-state index in [1.807, 2.05) is 146 Å². The van der Waals surface area contributed by atoms with E-state index in [1.165, 1.54) is 0 Å². The van der Waals surface area contributed by atoms with E-state index in [2.05, 4.69) is 15.4 Å². The summed E-state index contributed by atoms with van der Waals surface area (Å²) in [6.45, 7) is 5.34. The van der Waals surface area contributed by atoms with Gasteiger partial charge in [-0.15, -0.1) is 0 Å². The normalized spacial score (nSPS) is 12.3. The smallest absolute Gasteiger partial charge is 0.408 e. The number of hydroxylamine groups is 1. The number of nitrogens with zero attached hydrogens (tertiary/aromatic N) is 2. The molecule has 0 unspecified atom stereocenters. The number of imidazole rings is 1. The van der Waals surface area contributed by atoms with Gasteiger partial charge in [-0.05, 0) is 68.1 Å². The van der Waals surface area contributed by atoms with E-state index in [4.69, 9.17) is 14.6 Å². The van der Waals surface area contributed by atoms with Crippen molar-refractivity contribution in [3.05, 3.63) is 168 Å². The second kappa shape index (κ2) is 14.6. The molecule has 0 aliphatic rings. The first-order chi connectivity index (χ1) is 23.7. The Morgan fingerprint density at radius 3 is 1.71 bits per heavy atom. The van der Waals surface area contributed by atoms with Crippen LogP contribution in [0.3, 0.4) is 0 Å². The SMILES string of the molecule is CC(C)(C)OC(=O)N[C@@H](CCc1nc2ccccc2n1-c1ccccc1)C(=O)NOC(c1ccccc1)(c1ccccc1)c1ccccc1. The number of aromatic nitrogens is 2. The maximum Gasteiger partial charge on any atom is 0.408 e. The molecule has 2 amide bonds. The van der Waals surface area contributed by atoms with Crippen molar-refractivity contribution in [1.29, 1.82) is 0 Å². The molecule has 6 aromatic rings. The Morgan fingerprint density at radius 1 is 0.694 bits per heavy atom. The van der Waals surface area contributed by atoms with Crippen molar-refractivity contribution in [3.8, 4) is 5.69 Å². The lowest BCUT2D eigenvalue weighted by Crippen LogP contribution is -2.50. The fourth-order valence-electron chi connectivity index (χ4n) is 5.99. The predicted molar refractivity (Wildman–Crippen MR) is 191 cm³/mol. The van der Waals surface area contributed by atoms with Gasteiger partial charge in [-0.2, -0.15) is 0 Å². The molecule has 49 heavy (non-hydrogen) atoms. The van der Waals surface area contributed by atoms with Gasteiger partial charge >= 0.3 is 6.09 Å². The number of carbonyl (C=O) groups excluding carboxylic acids is 2. The van der Waals surface area contributed by atoms with Crippen molar-refractivity contribution >= 4 is 23.0 Å². The first-order valence-corrected chi connectivity index (χ1v) is 16.4. The number of nitrogens with one attached hydrogen (secondary N) is 2. The molecule has 0 aliphatic heterocycles. The van der Waals surface area contributed by atoms with E-state index in [1.54, 1.807) is 20.8 Å². The zero-order chi connectivity index (χ0) is 34.3. The quantitative estimate of drug-likeness (QED) is 0.110. The van der Waals surface area contributed by atoms with Gasteiger partial charge in [0.05, 0.1) is 11.0 Å². The summed E-state index contributed by atoms with van der Waals surface area (Å²) in [4.78, 5) is 38.8. The number of ether oxygens (including phenoxy) is 1. The zero-order valence-corrected chi connectivity index (χ0v) is 27.9. The number of alkyl carbamates (subject to hydrolysis) is 1.